The molecule has 0 radical (unpaired) electrons. The molecule has 0 saturated heterocycles. The van der Waals surface area contributed by atoms with Crippen LogP contribution in [0.25, 0.3) is 82.9 Å². The van der Waals surface area contributed by atoms with Crippen LogP contribution in [0.5, 0.6) is 0 Å². The van der Waals surface area contributed by atoms with Gasteiger partial charge < -0.3 is 4.42 Å². The lowest BCUT2D eigenvalue weighted by Gasteiger charge is -2.18. The van der Waals surface area contributed by atoms with Crippen LogP contribution in [-0.2, 0) is 6.42 Å². The highest BCUT2D eigenvalue weighted by atomic mass is 16.3. The number of benzene rings is 7. The Balaban J connectivity index is 1.37. The maximum absolute atomic E-state index is 6.65. The van der Waals surface area contributed by atoms with E-state index in [9.17, 15) is 0 Å². The minimum atomic E-state index is 0.947. The molecule has 1 heterocycles. The molecule has 0 bridgehead atoms. The first-order valence-electron chi connectivity index (χ1n) is 15.1. The van der Waals surface area contributed by atoms with Crippen LogP contribution in [-0.4, -0.2) is 0 Å². The SMILES string of the molecule is C1=Cc2ccc3c(oc4cccc(-c5c6ccccc6c(-c6cccc(-c7ccccc7)c6)c6ccccc56)c43)c2CC1. The quantitative estimate of drug-likeness (QED) is 0.200. The molecule has 8 aromatic rings. The summed E-state index contributed by atoms with van der Waals surface area (Å²) in [4.78, 5) is 0. The van der Waals surface area contributed by atoms with Crippen molar-refractivity contribution >= 4 is 49.6 Å². The van der Waals surface area contributed by atoms with Crippen molar-refractivity contribution < 1.29 is 4.42 Å². The highest BCUT2D eigenvalue weighted by Crippen LogP contribution is 2.47. The molecule has 0 spiro atoms. The Morgan fingerprint density at radius 2 is 1.14 bits per heavy atom. The Hall–Kier alpha value is -5.40. The molecule has 1 aromatic heterocycles. The van der Waals surface area contributed by atoms with E-state index in [0.29, 0.717) is 0 Å². The van der Waals surface area contributed by atoms with Gasteiger partial charge in [0.1, 0.15) is 11.2 Å². The summed E-state index contributed by atoms with van der Waals surface area (Å²) in [5, 5.41) is 7.42. The van der Waals surface area contributed by atoms with Gasteiger partial charge in [-0.3, -0.25) is 0 Å². The zero-order chi connectivity index (χ0) is 28.3. The van der Waals surface area contributed by atoms with Crippen LogP contribution in [0.3, 0.4) is 0 Å². The zero-order valence-corrected chi connectivity index (χ0v) is 23.7. The summed E-state index contributed by atoms with van der Waals surface area (Å²) in [5.74, 6) is 0. The molecular formula is C42H28O. The van der Waals surface area contributed by atoms with Crippen molar-refractivity contribution in [2.24, 2.45) is 0 Å². The van der Waals surface area contributed by atoms with Crippen molar-refractivity contribution in [2.75, 3.05) is 0 Å². The molecule has 1 heteroatoms. The molecule has 9 rings (SSSR count). The van der Waals surface area contributed by atoms with Crippen molar-refractivity contribution in [3.63, 3.8) is 0 Å². The van der Waals surface area contributed by atoms with E-state index in [1.807, 2.05) is 0 Å². The Bertz CT molecular complexity index is 2330. The predicted molar refractivity (Wildman–Crippen MR) is 182 cm³/mol. The number of allylic oxidation sites excluding steroid dienone is 1. The first kappa shape index (κ1) is 24.2. The van der Waals surface area contributed by atoms with E-state index in [2.05, 4.69) is 146 Å². The van der Waals surface area contributed by atoms with Gasteiger partial charge >= 0.3 is 0 Å². The number of aryl methyl sites for hydroxylation is 1. The topological polar surface area (TPSA) is 13.1 Å². The minimum absolute atomic E-state index is 0.947. The summed E-state index contributed by atoms with van der Waals surface area (Å²) < 4.78 is 6.65. The van der Waals surface area contributed by atoms with E-state index in [1.165, 1.54) is 76.8 Å². The summed E-state index contributed by atoms with van der Waals surface area (Å²) >= 11 is 0. The van der Waals surface area contributed by atoms with Crippen molar-refractivity contribution in [2.45, 2.75) is 12.8 Å². The maximum atomic E-state index is 6.65. The van der Waals surface area contributed by atoms with Crippen molar-refractivity contribution in [3.8, 4) is 33.4 Å². The summed E-state index contributed by atoms with van der Waals surface area (Å²) in [5.41, 5.74) is 12.0. The van der Waals surface area contributed by atoms with Crippen LogP contribution < -0.4 is 0 Å². The third-order valence-corrected chi connectivity index (χ3v) is 9.12. The Morgan fingerprint density at radius 3 is 1.91 bits per heavy atom. The highest BCUT2D eigenvalue weighted by molar-refractivity contribution is 6.25. The van der Waals surface area contributed by atoms with Crippen LogP contribution >= 0.6 is 0 Å². The standard InChI is InChI=1S/C42H28O/c1-2-12-27(13-3-1)29-15-10-16-30(26-29)39-32-18-6-8-20-34(32)40(35-21-9-7-19-33(35)39)36-22-11-23-38-41(36)37-25-24-28-14-4-5-17-31(28)42(37)43-38/h1-4,6-16,18-26H,5,17H2. The molecule has 0 fully saturated rings. The van der Waals surface area contributed by atoms with Gasteiger partial charge in [-0.2, -0.15) is 0 Å². The van der Waals surface area contributed by atoms with Gasteiger partial charge in [0.15, 0.2) is 0 Å². The van der Waals surface area contributed by atoms with Crippen LogP contribution in [0.2, 0.25) is 0 Å². The lowest BCUT2D eigenvalue weighted by atomic mass is 9.84. The zero-order valence-electron chi connectivity index (χ0n) is 23.7. The molecule has 0 saturated carbocycles. The van der Waals surface area contributed by atoms with E-state index in [1.54, 1.807) is 0 Å². The molecule has 0 unspecified atom stereocenters. The molecule has 0 N–H and O–H groups in total. The van der Waals surface area contributed by atoms with Gasteiger partial charge in [0.25, 0.3) is 0 Å². The van der Waals surface area contributed by atoms with Gasteiger partial charge in [0.2, 0.25) is 0 Å². The predicted octanol–water partition coefficient (Wildman–Crippen LogP) is 11.9. The third kappa shape index (κ3) is 3.72. The lowest BCUT2D eigenvalue weighted by molar-refractivity contribution is 0.661. The number of rotatable bonds is 3. The molecular weight excluding hydrogens is 520 g/mol. The van der Waals surface area contributed by atoms with Gasteiger partial charge in [0, 0.05) is 16.3 Å². The molecule has 202 valence electrons. The van der Waals surface area contributed by atoms with Crippen LogP contribution in [0, 0.1) is 0 Å². The first-order valence-corrected chi connectivity index (χ1v) is 15.1. The van der Waals surface area contributed by atoms with Gasteiger partial charge in [-0.05, 0) is 91.5 Å². The second-order valence-corrected chi connectivity index (χ2v) is 11.5. The van der Waals surface area contributed by atoms with Crippen LogP contribution in [0.4, 0.5) is 0 Å². The maximum Gasteiger partial charge on any atom is 0.139 e. The monoisotopic (exact) mass is 548 g/mol. The lowest BCUT2D eigenvalue weighted by Crippen LogP contribution is -1.94. The fourth-order valence-electron chi connectivity index (χ4n) is 7.24. The van der Waals surface area contributed by atoms with Gasteiger partial charge in [-0.25, -0.2) is 0 Å². The second-order valence-electron chi connectivity index (χ2n) is 11.5. The number of furan rings is 1. The molecule has 0 atom stereocenters. The molecule has 0 aliphatic heterocycles. The summed E-state index contributed by atoms with van der Waals surface area (Å²) in [6.45, 7) is 0. The fraction of sp³-hybridized carbons (Fsp3) is 0.0476. The van der Waals surface area contributed by atoms with E-state index < -0.39 is 0 Å². The van der Waals surface area contributed by atoms with E-state index in [-0.39, 0.29) is 0 Å². The van der Waals surface area contributed by atoms with Crippen molar-refractivity contribution in [3.05, 3.63) is 151 Å². The largest absolute Gasteiger partial charge is 0.456 e. The number of fused-ring (bicyclic) bond motifs is 7. The molecule has 43 heavy (non-hydrogen) atoms. The Labute approximate surface area is 250 Å². The average molecular weight is 549 g/mol. The summed E-state index contributed by atoms with van der Waals surface area (Å²) in [7, 11) is 0. The van der Waals surface area contributed by atoms with Gasteiger partial charge in [-0.15, -0.1) is 0 Å². The first-order chi connectivity index (χ1) is 21.3. The number of hydrogen-bond acceptors (Lipinski definition) is 1. The molecule has 7 aromatic carbocycles. The smallest absolute Gasteiger partial charge is 0.139 e. The van der Waals surface area contributed by atoms with Crippen molar-refractivity contribution in [1.82, 2.24) is 0 Å². The highest BCUT2D eigenvalue weighted by Gasteiger charge is 2.22. The minimum Gasteiger partial charge on any atom is -0.456 e. The molecule has 1 aliphatic carbocycles. The van der Waals surface area contributed by atoms with Crippen LogP contribution in [0.1, 0.15) is 17.5 Å². The van der Waals surface area contributed by atoms with E-state index >= 15 is 0 Å². The third-order valence-electron chi connectivity index (χ3n) is 9.12. The average Bonchev–Trinajstić information content (AvgIpc) is 3.47. The second kappa shape index (κ2) is 9.58. The van der Waals surface area contributed by atoms with E-state index in [0.717, 1.165) is 24.0 Å². The van der Waals surface area contributed by atoms with E-state index in [4.69, 9.17) is 4.42 Å². The summed E-state index contributed by atoms with van der Waals surface area (Å²) in [6.07, 6.45) is 6.57. The van der Waals surface area contributed by atoms with Crippen molar-refractivity contribution in [1.29, 1.82) is 0 Å². The van der Waals surface area contributed by atoms with Crippen LogP contribution in [0.15, 0.2) is 144 Å². The Morgan fingerprint density at radius 1 is 0.488 bits per heavy atom. The summed E-state index contributed by atoms with van der Waals surface area (Å²) in [6, 6.07) is 48.5. The normalized spacial score (nSPS) is 12.8. The molecule has 0 amide bonds. The number of hydrogen-bond donors (Lipinski definition) is 0. The molecule has 1 aliphatic rings. The molecule has 1 nitrogen and oxygen atoms in total. The fourth-order valence-corrected chi connectivity index (χ4v) is 7.24. The Kier molecular flexibility index (Phi) is 5.39. The van der Waals surface area contributed by atoms with Gasteiger partial charge in [0.05, 0.1) is 0 Å². The van der Waals surface area contributed by atoms with Gasteiger partial charge in [-0.1, -0.05) is 127 Å².